The molecule has 0 aromatic heterocycles. The van der Waals surface area contributed by atoms with E-state index in [1.165, 1.54) is 35.6 Å². The van der Waals surface area contributed by atoms with Crippen LogP contribution in [0.2, 0.25) is 0 Å². The van der Waals surface area contributed by atoms with Gasteiger partial charge in [0.1, 0.15) is 0 Å². The second-order valence-electron chi connectivity index (χ2n) is 6.13. The summed E-state index contributed by atoms with van der Waals surface area (Å²) in [4.78, 5) is 0. The van der Waals surface area contributed by atoms with Gasteiger partial charge >= 0.3 is 0 Å². The largest absolute Gasteiger partial charge is 0.0833 e. The highest BCUT2D eigenvalue weighted by molar-refractivity contribution is 5.86. The first-order valence-electron chi connectivity index (χ1n) is 7.43. The molecule has 0 nitrogen and oxygen atoms in total. The third kappa shape index (κ3) is 2.58. The summed E-state index contributed by atoms with van der Waals surface area (Å²) in [6.07, 6.45) is 8.49. The van der Waals surface area contributed by atoms with Crippen LogP contribution in [0.15, 0.2) is 42.5 Å². The van der Waals surface area contributed by atoms with Crippen LogP contribution in [0.25, 0.3) is 16.8 Å². The topological polar surface area (TPSA) is 0 Å². The Hall–Kier alpha value is -1.56. The van der Waals surface area contributed by atoms with Crippen molar-refractivity contribution in [2.45, 2.75) is 39.0 Å². The zero-order valence-corrected chi connectivity index (χ0v) is 11.9. The number of hydrogen-bond acceptors (Lipinski definition) is 0. The Morgan fingerprint density at radius 2 is 1.84 bits per heavy atom. The average Bonchev–Trinajstić information content (AvgIpc) is 2.42. The standard InChI is InChI=1S/C19H22/c1-14(2)10-11-15-8-5-9-18-12-16-6-3-4-7-17(16)13-19(15)18/h3-7,9,12-15H,8,10-11H2,1-2H3. The summed E-state index contributed by atoms with van der Waals surface area (Å²) in [5, 5.41) is 2.74. The summed E-state index contributed by atoms with van der Waals surface area (Å²) in [7, 11) is 0. The average molecular weight is 250 g/mol. The van der Waals surface area contributed by atoms with Gasteiger partial charge in [-0.25, -0.2) is 0 Å². The van der Waals surface area contributed by atoms with Crippen LogP contribution in [0, 0.1) is 5.92 Å². The molecule has 3 rings (SSSR count). The Balaban J connectivity index is 1.99. The minimum Gasteiger partial charge on any atom is -0.0833 e. The second-order valence-corrected chi connectivity index (χ2v) is 6.13. The van der Waals surface area contributed by atoms with Crippen LogP contribution >= 0.6 is 0 Å². The summed E-state index contributed by atoms with van der Waals surface area (Å²) in [5.41, 5.74) is 2.99. The lowest BCUT2D eigenvalue weighted by atomic mass is 9.82. The smallest absolute Gasteiger partial charge is 0.0121 e. The summed E-state index contributed by atoms with van der Waals surface area (Å²) in [6.45, 7) is 4.64. The van der Waals surface area contributed by atoms with Gasteiger partial charge in [-0.3, -0.25) is 0 Å². The Morgan fingerprint density at radius 3 is 2.58 bits per heavy atom. The van der Waals surface area contributed by atoms with Crippen LogP contribution in [0.3, 0.4) is 0 Å². The molecule has 1 aliphatic rings. The molecule has 19 heavy (non-hydrogen) atoms. The molecule has 0 saturated heterocycles. The monoisotopic (exact) mass is 250 g/mol. The normalized spacial score (nSPS) is 17.9. The third-order valence-electron chi connectivity index (χ3n) is 4.20. The maximum absolute atomic E-state index is 2.42. The van der Waals surface area contributed by atoms with Crippen molar-refractivity contribution in [3.63, 3.8) is 0 Å². The quantitative estimate of drug-likeness (QED) is 0.648. The molecule has 0 amide bonds. The van der Waals surface area contributed by atoms with Gasteiger partial charge in [0, 0.05) is 0 Å². The van der Waals surface area contributed by atoms with Gasteiger partial charge in [-0.1, -0.05) is 62.8 Å². The number of rotatable bonds is 3. The van der Waals surface area contributed by atoms with Crippen LogP contribution in [0.5, 0.6) is 0 Å². The Bertz CT molecular complexity index is 604. The highest BCUT2D eigenvalue weighted by Gasteiger charge is 2.17. The van der Waals surface area contributed by atoms with Crippen molar-refractivity contribution in [2.75, 3.05) is 0 Å². The maximum Gasteiger partial charge on any atom is -0.0121 e. The summed E-state index contributed by atoms with van der Waals surface area (Å²) in [6, 6.07) is 13.5. The molecule has 1 unspecified atom stereocenters. The first-order valence-corrected chi connectivity index (χ1v) is 7.43. The van der Waals surface area contributed by atoms with Gasteiger partial charge in [0.25, 0.3) is 0 Å². The molecule has 0 spiro atoms. The van der Waals surface area contributed by atoms with E-state index < -0.39 is 0 Å². The SMILES string of the molecule is CC(C)CCC1CC=Cc2cc3ccccc3cc21. The number of allylic oxidation sites excluding steroid dienone is 1. The molecule has 0 bridgehead atoms. The van der Waals surface area contributed by atoms with E-state index in [1.807, 2.05) is 0 Å². The molecule has 0 fully saturated rings. The van der Waals surface area contributed by atoms with Crippen LogP contribution in [-0.4, -0.2) is 0 Å². The predicted molar refractivity (Wildman–Crippen MR) is 84.4 cm³/mol. The van der Waals surface area contributed by atoms with Crippen molar-refractivity contribution in [1.29, 1.82) is 0 Å². The fourth-order valence-corrected chi connectivity index (χ4v) is 3.07. The van der Waals surface area contributed by atoms with Crippen molar-refractivity contribution in [2.24, 2.45) is 5.92 Å². The minimum atomic E-state index is 0.715. The fraction of sp³-hybridized carbons (Fsp3) is 0.368. The molecular weight excluding hydrogens is 228 g/mol. The minimum absolute atomic E-state index is 0.715. The molecule has 0 N–H and O–H groups in total. The van der Waals surface area contributed by atoms with Gasteiger partial charge in [-0.05, 0) is 52.6 Å². The molecule has 98 valence electrons. The lowest BCUT2D eigenvalue weighted by Gasteiger charge is -2.23. The van der Waals surface area contributed by atoms with Gasteiger partial charge in [-0.2, -0.15) is 0 Å². The van der Waals surface area contributed by atoms with Crippen LogP contribution in [-0.2, 0) is 0 Å². The van der Waals surface area contributed by atoms with E-state index in [0.717, 1.165) is 5.92 Å². The second kappa shape index (κ2) is 5.21. The molecule has 1 atom stereocenters. The maximum atomic E-state index is 2.42. The van der Waals surface area contributed by atoms with E-state index in [-0.39, 0.29) is 0 Å². The number of fused-ring (bicyclic) bond motifs is 2. The molecule has 0 heteroatoms. The van der Waals surface area contributed by atoms with E-state index in [2.05, 4.69) is 62.4 Å². The van der Waals surface area contributed by atoms with Crippen molar-refractivity contribution >= 4 is 16.8 Å². The van der Waals surface area contributed by atoms with Gasteiger partial charge in [-0.15, -0.1) is 0 Å². The molecule has 0 heterocycles. The van der Waals surface area contributed by atoms with E-state index in [9.17, 15) is 0 Å². The lowest BCUT2D eigenvalue weighted by molar-refractivity contribution is 0.500. The van der Waals surface area contributed by atoms with Gasteiger partial charge in [0.2, 0.25) is 0 Å². The molecule has 2 aromatic rings. The Kier molecular flexibility index (Phi) is 3.42. The van der Waals surface area contributed by atoms with Gasteiger partial charge in [0.15, 0.2) is 0 Å². The fourth-order valence-electron chi connectivity index (χ4n) is 3.07. The van der Waals surface area contributed by atoms with Crippen molar-refractivity contribution in [3.8, 4) is 0 Å². The molecule has 1 aliphatic carbocycles. The molecule has 0 aliphatic heterocycles. The van der Waals surface area contributed by atoms with Crippen molar-refractivity contribution in [3.05, 3.63) is 53.6 Å². The highest BCUT2D eigenvalue weighted by atomic mass is 14.2. The molecule has 2 aromatic carbocycles. The molecular formula is C19H22. The molecule has 0 radical (unpaired) electrons. The van der Waals surface area contributed by atoms with Crippen molar-refractivity contribution in [1.82, 2.24) is 0 Å². The van der Waals surface area contributed by atoms with Crippen LogP contribution in [0.4, 0.5) is 0 Å². The van der Waals surface area contributed by atoms with E-state index >= 15 is 0 Å². The highest BCUT2D eigenvalue weighted by Crippen LogP contribution is 2.36. The van der Waals surface area contributed by atoms with E-state index in [0.29, 0.717) is 5.92 Å². The third-order valence-corrected chi connectivity index (χ3v) is 4.20. The summed E-state index contributed by atoms with van der Waals surface area (Å²) in [5.74, 6) is 1.52. The van der Waals surface area contributed by atoms with Crippen LogP contribution < -0.4 is 0 Å². The first kappa shape index (κ1) is 12.5. The summed E-state index contributed by atoms with van der Waals surface area (Å²) >= 11 is 0. The Labute approximate surface area is 116 Å². The molecule has 0 saturated carbocycles. The van der Waals surface area contributed by atoms with Gasteiger partial charge < -0.3 is 0 Å². The van der Waals surface area contributed by atoms with E-state index in [4.69, 9.17) is 0 Å². The number of hydrogen-bond donors (Lipinski definition) is 0. The van der Waals surface area contributed by atoms with Crippen molar-refractivity contribution < 1.29 is 0 Å². The van der Waals surface area contributed by atoms with E-state index in [1.54, 1.807) is 5.56 Å². The lowest BCUT2D eigenvalue weighted by Crippen LogP contribution is -2.05. The predicted octanol–water partition coefficient (Wildman–Crippen LogP) is 5.78. The Morgan fingerprint density at radius 1 is 1.11 bits per heavy atom. The summed E-state index contributed by atoms with van der Waals surface area (Å²) < 4.78 is 0. The first-order chi connectivity index (χ1) is 9.24. The van der Waals surface area contributed by atoms with Gasteiger partial charge in [0.05, 0.1) is 0 Å². The number of benzene rings is 2. The van der Waals surface area contributed by atoms with Crippen LogP contribution in [0.1, 0.15) is 50.2 Å². The zero-order valence-electron chi connectivity index (χ0n) is 11.9. The zero-order chi connectivity index (χ0) is 13.2.